The average Bonchev–Trinajstić information content (AvgIpc) is 2.30. The molecule has 0 aliphatic rings. The van der Waals surface area contributed by atoms with Crippen molar-refractivity contribution in [1.29, 1.82) is 0 Å². The van der Waals surface area contributed by atoms with Crippen LogP contribution in [0, 0.1) is 28.7 Å². The maximum absolute atomic E-state index is 14.0. The Hall–Kier alpha value is -2.30. The number of nitro benzene ring substituents is 1. The molecule has 0 radical (unpaired) electrons. The number of benzene rings is 2. The molecule has 2 aromatic rings. The fraction of sp³-hybridized carbons (Fsp3) is 0.0769. The van der Waals surface area contributed by atoms with Crippen LogP contribution in [0.25, 0.3) is 11.1 Å². The number of hydrogen-bond acceptors (Lipinski definition) is 2. The Bertz CT molecular complexity index is 609. The molecule has 0 aromatic heterocycles. The van der Waals surface area contributed by atoms with Crippen molar-refractivity contribution < 1.29 is 13.7 Å². The molecule has 18 heavy (non-hydrogen) atoms. The molecule has 0 saturated carbocycles. The minimum Gasteiger partial charge on any atom is -0.258 e. The molecule has 2 aromatic carbocycles. The third-order valence-electron chi connectivity index (χ3n) is 2.66. The van der Waals surface area contributed by atoms with Gasteiger partial charge >= 0.3 is 5.69 Å². The lowest BCUT2D eigenvalue weighted by Crippen LogP contribution is -1.98. The lowest BCUT2D eigenvalue weighted by Gasteiger charge is -2.05. The zero-order valence-corrected chi connectivity index (χ0v) is 9.48. The van der Waals surface area contributed by atoms with Gasteiger partial charge in [0.25, 0.3) is 0 Å². The summed E-state index contributed by atoms with van der Waals surface area (Å²) in [6.45, 7) is 1.47. The Labute approximate surface area is 102 Å². The Morgan fingerprint density at radius 1 is 1.06 bits per heavy atom. The van der Waals surface area contributed by atoms with Gasteiger partial charge in [0.1, 0.15) is 5.82 Å². The van der Waals surface area contributed by atoms with Crippen molar-refractivity contribution in [3.8, 4) is 11.1 Å². The second-order valence-electron chi connectivity index (χ2n) is 3.86. The first-order chi connectivity index (χ1) is 8.50. The Morgan fingerprint density at radius 3 is 2.22 bits per heavy atom. The molecular weight excluding hydrogens is 240 g/mol. The second-order valence-corrected chi connectivity index (χ2v) is 3.86. The lowest BCUT2D eigenvalue weighted by molar-refractivity contribution is -0.388. The maximum Gasteiger partial charge on any atom is 0.308 e. The summed E-state index contributed by atoms with van der Waals surface area (Å²) in [6, 6.07) is 8.05. The maximum atomic E-state index is 14.0. The predicted molar refractivity (Wildman–Crippen MR) is 63.2 cm³/mol. The topological polar surface area (TPSA) is 43.1 Å². The molecule has 2 rings (SSSR count). The van der Waals surface area contributed by atoms with E-state index < -0.39 is 22.2 Å². The molecule has 0 N–H and O–H groups in total. The van der Waals surface area contributed by atoms with Gasteiger partial charge in [0.2, 0.25) is 5.82 Å². The van der Waals surface area contributed by atoms with E-state index in [9.17, 15) is 18.9 Å². The lowest BCUT2D eigenvalue weighted by atomic mass is 10.0. The molecule has 0 aliphatic heterocycles. The van der Waals surface area contributed by atoms with Crippen LogP contribution in [0.1, 0.15) is 5.56 Å². The third-order valence-corrected chi connectivity index (χ3v) is 2.66. The van der Waals surface area contributed by atoms with Crippen molar-refractivity contribution in [3.63, 3.8) is 0 Å². The van der Waals surface area contributed by atoms with Crippen molar-refractivity contribution in [2.24, 2.45) is 0 Å². The molecular formula is C13H9F2NO2. The predicted octanol–water partition coefficient (Wildman–Crippen LogP) is 3.85. The second kappa shape index (κ2) is 4.52. The molecule has 3 nitrogen and oxygen atoms in total. The molecule has 92 valence electrons. The number of aryl methyl sites for hydroxylation is 1. The third kappa shape index (κ3) is 2.07. The molecule has 0 unspecified atom stereocenters. The van der Waals surface area contributed by atoms with Crippen LogP contribution in [0.15, 0.2) is 36.4 Å². The van der Waals surface area contributed by atoms with Crippen LogP contribution in [-0.2, 0) is 0 Å². The van der Waals surface area contributed by atoms with Crippen molar-refractivity contribution in [3.05, 3.63) is 63.7 Å². The normalized spacial score (nSPS) is 10.4. The van der Waals surface area contributed by atoms with Crippen LogP contribution in [-0.4, -0.2) is 4.92 Å². The van der Waals surface area contributed by atoms with Crippen molar-refractivity contribution in [2.45, 2.75) is 6.92 Å². The quantitative estimate of drug-likeness (QED) is 0.599. The Balaban J connectivity index is 2.62. The van der Waals surface area contributed by atoms with Gasteiger partial charge in [0.15, 0.2) is 0 Å². The Morgan fingerprint density at radius 2 is 1.67 bits per heavy atom. The zero-order chi connectivity index (χ0) is 13.3. The average molecular weight is 249 g/mol. The summed E-state index contributed by atoms with van der Waals surface area (Å²) in [4.78, 5) is 10.0. The van der Waals surface area contributed by atoms with Gasteiger partial charge in [-0.2, -0.15) is 4.39 Å². The van der Waals surface area contributed by atoms with Gasteiger partial charge in [-0.15, -0.1) is 0 Å². The van der Waals surface area contributed by atoms with Crippen LogP contribution in [0.2, 0.25) is 0 Å². The first-order valence-electron chi connectivity index (χ1n) is 5.20. The van der Waals surface area contributed by atoms with Gasteiger partial charge in [-0.3, -0.25) is 10.1 Å². The van der Waals surface area contributed by atoms with E-state index in [0.29, 0.717) is 5.56 Å². The molecule has 5 heteroatoms. The van der Waals surface area contributed by atoms with E-state index in [0.717, 1.165) is 0 Å². The van der Waals surface area contributed by atoms with Gasteiger partial charge in [-0.05, 0) is 24.6 Å². The van der Waals surface area contributed by atoms with E-state index in [1.807, 2.05) is 0 Å². The number of nitrogens with zero attached hydrogens (tertiary/aromatic N) is 1. The minimum atomic E-state index is -0.897. The van der Waals surface area contributed by atoms with Crippen LogP contribution >= 0.6 is 0 Å². The van der Waals surface area contributed by atoms with Crippen molar-refractivity contribution in [1.82, 2.24) is 0 Å². The number of halogens is 2. The summed E-state index contributed by atoms with van der Waals surface area (Å²) < 4.78 is 26.8. The molecule has 0 heterocycles. The van der Waals surface area contributed by atoms with Crippen LogP contribution < -0.4 is 0 Å². The smallest absolute Gasteiger partial charge is 0.258 e. The summed E-state index contributed by atoms with van der Waals surface area (Å²) in [5.41, 5.74) is 0.199. The van der Waals surface area contributed by atoms with Crippen LogP contribution in [0.4, 0.5) is 14.5 Å². The van der Waals surface area contributed by atoms with Gasteiger partial charge in [0.05, 0.1) is 4.92 Å². The van der Waals surface area contributed by atoms with E-state index in [1.54, 1.807) is 0 Å². The largest absolute Gasteiger partial charge is 0.308 e. The Kier molecular flexibility index (Phi) is 3.06. The first-order valence-corrected chi connectivity index (χ1v) is 5.20. The van der Waals surface area contributed by atoms with E-state index in [1.165, 1.54) is 43.3 Å². The summed E-state index contributed by atoms with van der Waals surface area (Å²) >= 11 is 0. The molecule has 0 fully saturated rings. The monoisotopic (exact) mass is 249 g/mol. The van der Waals surface area contributed by atoms with E-state index in [4.69, 9.17) is 0 Å². The molecule has 0 saturated heterocycles. The molecule has 0 bridgehead atoms. The number of hydrogen-bond donors (Lipinski definition) is 0. The van der Waals surface area contributed by atoms with E-state index in [2.05, 4.69) is 0 Å². The van der Waals surface area contributed by atoms with E-state index in [-0.39, 0.29) is 11.1 Å². The van der Waals surface area contributed by atoms with Gasteiger partial charge in [-0.1, -0.05) is 24.3 Å². The highest BCUT2D eigenvalue weighted by molar-refractivity contribution is 5.68. The van der Waals surface area contributed by atoms with Gasteiger partial charge in [-0.25, -0.2) is 4.39 Å². The van der Waals surface area contributed by atoms with Gasteiger partial charge in [0, 0.05) is 11.1 Å². The number of rotatable bonds is 2. The minimum absolute atomic E-state index is 0.0901. The fourth-order valence-electron chi connectivity index (χ4n) is 1.74. The van der Waals surface area contributed by atoms with Crippen molar-refractivity contribution >= 4 is 5.69 Å². The summed E-state index contributed by atoms with van der Waals surface area (Å²) in [5.74, 6) is -1.34. The fourth-order valence-corrected chi connectivity index (χ4v) is 1.74. The molecule has 0 aliphatic carbocycles. The summed E-state index contributed by atoms with van der Waals surface area (Å²) in [7, 11) is 0. The highest BCUT2D eigenvalue weighted by atomic mass is 19.1. The first kappa shape index (κ1) is 12.2. The highest BCUT2D eigenvalue weighted by Gasteiger charge is 2.21. The molecule has 0 atom stereocenters. The number of nitro groups is 1. The standard InChI is InChI=1S/C13H9F2NO2/c1-8-2-7-11(12(15)13(8)16(17)18)9-3-5-10(14)6-4-9/h2-7H,1H3. The van der Waals surface area contributed by atoms with E-state index >= 15 is 0 Å². The van der Waals surface area contributed by atoms with Crippen LogP contribution in [0.3, 0.4) is 0 Å². The summed E-state index contributed by atoms with van der Waals surface area (Å²) in [6.07, 6.45) is 0. The van der Waals surface area contributed by atoms with Crippen molar-refractivity contribution in [2.75, 3.05) is 0 Å². The summed E-state index contributed by atoms with van der Waals surface area (Å²) in [5, 5.41) is 10.8. The van der Waals surface area contributed by atoms with Gasteiger partial charge < -0.3 is 0 Å². The van der Waals surface area contributed by atoms with Crippen LogP contribution in [0.5, 0.6) is 0 Å². The zero-order valence-electron chi connectivity index (χ0n) is 9.48. The SMILES string of the molecule is Cc1ccc(-c2ccc(F)cc2)c(F)c1[N+](=O)[O-]. The molecule has 0 amide bonds. The highest BCUT2D eigenvalue weighted by Crippen LogP contribution is 2.31. The molecule has 0 spiro atoms.